The number of rotatable bonds is 2. The number of halogens is 1. The molecule has 2 N–H and O–H groups in total. The second-order valence-corrected chi connectivity index (χ2v) is 6.41. The minimum atomic E-state index is 0.259. The Hall–Kier alpha value is -2.71. The molecule has 0 aliphatic rings. The standard InChI is InChI=1S/C21H16ClNO/c1-13-2-4-14(5-3-13)20-18-12-16(22)8-11-19(18)23-21(20)15-6-9-17(24)10-7-15/h2-12,23-24H,1H3. The lowest BCUT2D eigenvalue weighted by Gasteiger charge is -2.07. The number of aromatic amines is 1. The smallest absolute Gasteiger partial charge is 0.115 e. The maximum Gasteiger partial charge on any atom is 0.115 e. The van der Waals surface area contributed by atoms with E-state index in [0.29, 0.717) is 5.02 Å². The lowest BCUT2D eigenvalue weighted by Crippen LogP contribution is -1.83. The van der Waals surface area contributed by atoms with E-state index in [-0.39, 0.29) is 5.75 Å². The summed E-state index contributed by atoms with van der Waals surface area (Å²) in [7, 11) is 0. The summed E-state index contributed by atoms with van der Waals surface area (Å²) in [6.45, 7) is 2.08. The SMILES string of the molecule is Cc1ccc(-c2c(-c3ccc(O)cc3)[nH]c3ccc(Cl)cc23)cc1. The number of phenolic OH excluding ortho intramolecular Hbond substituents is 1. The predicted octanol–water partition coefficient (Wildman–Crippen LogP) is 6.17. The molecule has 0 atom stereocenters. The number of H-pyrrole nitrogens is 1. The maximum atomic E-state index is 9.57. The summed E-state index contributed by atoms with van der Waals surface area (Å²) in [4.78, 5) is 3.50. The normalized spacial score (nSPS) is 11.1. The topological polar surface area (TPSA) is 36.0 Å². The van der Waals surface area contributed by atoms with Gasteiger partial charge in [-0.2, -0.15) is 0 Å². The van der Waals surface area contributed by atoms with Crippen molar-refractivity contribution in [3.05, 3.63) is 77.3 Å². The molecule has 0 radical (unpaired) electrons. The van der Waals surface area contributed by atoms with Crippen LogP contribution in [-0.2, 0) is 0 Å². The van der Waals surface area contributed by atoms with E-state index in [4.69, 9.17) is 11.6 Å². The van der Waals surface area contributed by atoms with E-state index in [0.717, 1.165) is 33.3 Å². The first-order valence-corrected chi connectivity index (χ1v) is 8.17. The molecule has 0 bridgehead atoms. The van der Waals surface area contributed by atoms with E-state index in [1.165, 1.54) is 5.56 Å². The van der Waals surface area contributed by atoms with Gasteiger partial charge in [-0.3, -0.25) is 0 Å². The van der Waals surface area contributed by atoms with Gasteiger partial charge in [0.15, 0.2) is 0 Å². The van der Waals surface area contributed by atoms with Gasteiger partial charge >= 0.3 is 0 Å². The van der Waals surface area contributed by atoms with Crippen LogP contribution in [-0.4, -0.2) is 10.1 Å². The van der Waals surface area contributed by atoms with E-state index >= 15 is 0 Å². The summed E-state index contributed by atoms with van der Waals surface area (Å²) < 4.78 is 0. The largest absolute Gasteiger partial charge is 0.508 e. The molecule has 4 rings (SSSR count). The highest BCUT2D eigenvalue weighted by molar-refractivity contribution is 6.31. The molecule has 3 heteroatoms. The third-order valence-corrected chi connectivity index (χ3v) is 4.49. The molecule has 0 spiro atoms. The van der Waals surface area contributed by atoms with Crippen molar-refractivity contribution in [2.75, 3.05) is 0 Å². The van der Waals surface area contributed by atoms with Crippen LogP contribution >= 0.6 is 11.6 Å². The van der Waals surface area contributed by atoms with Crippen LogP contribution in [0, 0.1) is 6.92 Å². The van der Waals surface area contributed by atoms with Crippen LogP contribution < -0.4 is 0 Å². The number of phenols is 1. The van der Waals surface area contributed by atoms with Gasteiger partial charge in [0, 0.05) is 21.5 Å². The van der Waals surface area contributed by atoms with Gasteiger partial charge in [0.2, 0.25) is 0 Å². The van der Waals surface area contributed by atoms with Crippen LogP contribution in [0.2, 0.25) is 5.02 Å². The van der Waals surface area contributed by atoms with Gasteiger partial charge in [0.05, 0.1) is 5.69 Å². The third-order valence-electron chi connectivity index (χ3n) is 4.26. The van der Waals surface area contributed by atoms with Crippen molar-refractivity contribution in [1.82, 2.24) is 4.98 Å². The predicted molar refractivity (Wildman–Crippen MR) is 101 cm³/mol. The Bertz CT molecular complexity index is 1010. The number of hydrogen-bond acceptors (Lipinski definition) is 1. The van der Waals surface area contributed by atoms with Crippen LogP contribution in [0.1, 0.15) is 5.56 Å². The molecule has 1 heterocycles. The van der Waals surface area contributed by atoms with Gasteiger partial charge in [0.1, 0.15) is 5.75 Å². The Kier molecular flexibility index (Phi) is 3.55. The van der Waals surface area contributed by atoms with Crippen molar-refractivity contribution < 1.29 is 5.11 Å². The Balaban J connectivity index is 2.03. The Morgan fingerprint density at radius 1 is 0.833 bits per heavy atom. The molecule has 0 aliphatic carbocycles. The summed E-state index contributed by atoms with van der Waals surface area (Å²) in [6.07, 6.45) is 0. The number of nitrogens with one attached hydrogen (secondary N) is 1. The zero-order chi connectivity index (χ0) is 16.7. The fourth-order valence-corrected chi connectivity index (χ4v) is 3.20. The molecule has 24 heavy (non-hydrogen) atoms. The van der Waals surface area contributed by atoms with Gasteiger partial charge in [-0.05, 0) is 60.5 Å². The summed E-state index contributed by atoms with van der Waals surface area (Å²) >= 11 is 6.23. The van der Waals surface area contributed by atoms with Crippen LogP contribution in [0.3, 0.4) is 0 Å². The third kappa shape index (κ3) is 2.55. The molecule has 0 unspecified atom stereocenters. The van der Waals surface area contributed by atoms with Gasteiger partial charge in [-0.1, -0.05) is 41.4 Å². The molecule has 4 aromatic rings. The molecule has 118 valence electrons. The highest BCUT2D eigenvalue weighted by Gasteiger charge is 2.15. The maximum absolute atomic E-state index is 9.57. The van der Waals surface area contributed by atoms with Crippen molar-refractivity contribution in [3.63, 3.8) is 0 Å². The van der Waals surface area contributed by atoms with Crippen molar-refractivity contribution >= 4 is 22.5 Å². The van der Waals surface area contributed by atoms with Crippen LogP contribution in [0.5, 0.6) is 5.75 Å². The second kappa shape index (κ2) is 5.73. The minimum absolute atomic E-state index is 0.259. The first-order chi connectivity index (χ1) is 11.6. The molecule has 0 saturated heterocycles. The highest BCUT2D eigenvalue weighted by Crippen LogP contribution is 2.39. The highest BCUT2D eigenvalue weighted by atomic mass is 35.5. The lowest BCUT2D eigenvalue weighted by molar-refractivity contribution is 0.475. The van der Waals surface area contributed by atoms with E-state index in [1.807, 2.05) is 30.3 Å². The monoisotopic (exact) mass is 333 g/mol. The van der Waals surface area contributed by atoms with Crippen LogP contribution in [0.4, 0.5) is 0 Å². The molecular formula is C21H16ClNO. The van der Waals surface area contributed by atoms with Crippen molar-refractivity contribution in [3.8, 4) is 28.1 Å². The van der Waals surface area contributed by atoms with E-state index in [2.05, 4.69) is 36.2 Å². The van der Waals surface area contributed by atoms with Gasteiger partial charge in [-0.25, -0.2) is 0 Å². The number of hydrogen-bond donors (Lipinski definition) is 2. The number of aromatic hydroxyl groups is 1. The number of fused-ring (bicyclic) bond motifs is 1. The molecular weight excluding hydrogens is 318 g/mol. The Labute approximate surface area is 145 Å². The minimum Gasteiger partial charge on any atom is -0.508 e. The van der Waals surface area contributed by atoms with Crippen molar-refractivity contribution in [2.24, 2.45) is 0 Å². The first kappa shape index (κ1) is 14.9. The first-order valence-electron chi connectivity index (χ1n) is 7.79. The summed E-state index contributed by atoms with van der Waals surface area (Å²) in [6, 6.07) is 21.6. The van der Waals surface area contributed by atoms with E-state index < -0.39 is 0 Å². The molecule has 0 amide bonds. The average molecular weight is 334 g/mol. The molecule has 0 aliphatic heterocycles. The molecule has 1 aromatic heterocycles. The fourth-order valence-electron chi connectivity index (χ4n) is 3.03. The summed E-state index contributed by atoms with van der Waals surface area (Å²) in [5.41, 5.74) is 6.57. The van der Waals surface area contributed by atoms with Crippen LogP contribution in [0.15, 0.2) is 66.7 Å². The molecule has 0 fully saturated rings. The second-order valence-electron chi connectivity index (χ2n) is 5.98. The molecule has 2 nitrogen and oxygen atoms in total. The fraction of sp³-hybridized carbons (Fsp3) is 0.0476. The zero-order valence-corrected chi connectivity index (χ0v) is 13.9. The summed E-state index contributed by atoms with van der Waals surface area (Å²) in [5, 5.41) is 11.4. The zero-order valence-electron chi connectivity index (χ0n) is 13.2. The number of aromatic nitrogens is 1. The number of aryl methyl sites for hydroxylation is 1. The Morgan fingerprint density at radius 3 is 2.21 bits per heavy atom. The van der Waals surface area contributed by atoms with E-state index in [9.17, 15) is 5.11 Å². The van der Waals surface area contributed by atoms with Crippen molar-refractivity contribution in [1.29, 1.82) is 0 Å². The lowest BCUT2D eigenvalue weighted by atomic mass is 9.97. The average Bonchev–Trinajstić information content (AvgIpc) is 2.95. The number of benzene rings is 3. The quantitative estimate of drug-likeness (QED) is 0.452. The van der Waals surface area contributed by atoms with E-state index in [1.54, 1.807) is 12.1 Å². The molecule has 3 aromatic carbocycles. The van der Waals surface area contributed by atoms with Gasteiger partial charge in [-0.15, -0.1) is 0 Å². The Morgan fingerprint density at radius 2 is 1.50 bits per heavy atom. The summed E-state index contributed by atoms with van der Waals surface area (Å²) in [5.74, 6) is 0.259. The van der Waals surface area contributed by atoms with Gasteiger partial charge < -0.3 is 10.1 Å². The van der Waals surface area contributed by atoms with Crippen molar-refractivity contribution in [2.45, 2.75) is 6.92 Å². The molecule has 0 saturated carbocycles. The van der Waals surface area contributed by atoms with Crippen LogP contribution in [0.25, 0.3) is 33.3 Å². The van der Waals surface area contributed by atoms with Gasteiger partial charge in [0.25, 0.3) is 0 Å².